The van der Waals surface area contributed by atoms with Crippen molar-refractivity contribution in [3.8, 4) is 0 Å². The lowest BCUT2D eigenvalue weighted by molar-refractivity contribution is -0.137. The number of rotatable bonds is 6. The molecule has 1 rings (SSSR count). The molecule has 4 heteroatoms. The van der Waals surface area contributed by atoms with Crippen LogP contribution in [0, 0.1) is 6.92 Å². The number of carboxylic acid groups (broad SMARTS) is 1. The molecule has 88 valence electrons. The predicted molar refractivity (Wildman–Crippen MR) is 67.5 cm³/mol. The number of hydrogen-bond donors (Lipinski definition) is 2. The SMILES string of the molecule is Cc1cc(Br)ccc1CNCCCC(=O)O. The van der Waals surface area contributed by atoms with Gasteiger partial charge in [-0.1, -0.05) is 22.0 Å². The molecule has 2 N–H and O–H groups in total. The number of carbonyl (C=O) groups is 1. The fraction of sp³-hybridized carbons (Fsp3) is 0.417. The van der Waals surface area contributed by atoms with Gasteiger partial charge in [-0.2, -0.15) is 0 Å². The second-order valence-electron chi connectivity index (χ2n) is 3.74. The van der Waals surface area contributed by atoms with Crippen LogP contribution in [0.1, 0.15) is 24.0 Å². The van der Waals surface area contributed by atoms with E-state index >= 15 is 0 Å². The molecule has 0 aliphatic rings. The van der Waals surface area contributed by atoms with Gasteiger partial charge < -0.3 is 10.4 Å². The Morgan fingerprint density at radius 1 is 1.50 bits per heavy atom. The van der Waals surface area contributed by atoms with E-state index in [0.717, 1.165) is 17.6 Å². The highest BCUT2D eigenvalue weighted by Crippen LogP contribution is 2.15. The van der Waals surface area contributed by atoms with Crippen LogP contribution in [0.4, 0.5) is 0 Å². The Labute approximate surface area is 104 Å². The summed E-state index contributed by atoms with van der Waals surface area (Å²) in [5.41, 5.74) is 2.48. The van der Waals surface area contributed by atoms with Gasteiger partial charge in [0.1, 0.15) is 0 Å². The zero-order chi connectivity index (χ0) is 12.0. The van der Waals surface area contributed by atoms with Gasteiger partial charge in [0, 0.05) is 17.4 Å². The number of nitrogens with one attached hydrogen (secondary N) is 1. The van der Waals surface area contributed by atoms with Crippen molar-refractivity contribution in [2.45, 2.75) is 26.3 Å². The van der Waals surface area contributed by atoms with Crippen LogP contribution in [0.5, 0.6) is 0 Å². The molecule has 3 nitrogen and oxygen atoms in total. The standard InChI is InChI=1S/C12H16BrNO2/c1-9-7-11(13)5-4-10(9)8-14-6-2-3-12(15)16/h4-5,7,14H,2-3,6,8H2,1H3,(H,15,16). The first-order valence-electron chi connectivity index (χ1n) is 5.27. The van der Waals surface area contributed by atoms with E-state index in [4.69, 9.17) is 5.11 Å². The molecule has 0 heterocycles. The van der Waals surface area contributed by atoms with Crippen molar-refractivity contribution in [2.24, 2.45) is 0 Å². The number of aryl methyl sites for hydroxylation is 1. The van der Waals surface area contributed by atoms with Gasteiger partial charge in [-0.3, -0.25) is 4.79 Å². The fourth-order valence-electron chi connectivity index (χ4n) is 1.45. The van der Waals surface area contributed by atoms with Crippen LogP contribution in [0.3, 0.4) is 0 Å². The summed E-state index contributed by atoms with van der Waals surface area (Å²) in [5, 5.41) is 11.7. The minimum Gasteiger partial charge on any atom is -0.481 e. The Morgan fingerprint density at radius 3 is 2.88 bits per heavy atom. The lowest BCUT2D eigenvalue weighted by Crippen LogP contribution is -2.16. The molecular formula is C12H16BrNO2. The third-order valence-electron chi connectivity index (χ3n) is 2.36. The summed E-state index contributed by atoms with van der Waals surface area (Å²) in [4.78, 5) is 10.3. The van der Waals surface area contributed by atoms with Gasteiger partial charge in [0.05, 0.1) is 0 Å². The summed E-state index contributed by atoms with van der Waals surface area (Å²) < 4.78 is 1.08. The summed E-state index contributed by atoms with van der Waals surface area (Å²) in [6, 6.07) is 6.17. The number of benzene rings is 1. The van der Waals surface area contributed by atoms with Gasteiger partial charge >= 0.3 is 5.97 Å². The third-order valence-corrected chi connectivity index (χ3v) is 2.86. The summed E-state index contributed by atoms with van der Waals surface area (Å²) in [6.07, 6.45) is 0.900. The first-order chi connectivity index (χ1) is 7.59. The lowest BCUT2D eigenvalue weighted by Gasteiger charge is -2.07. The summed E-state index contributed by atoms with van der Waals surface area (Å²) in [5.74, 6) is -0.735. The van der Waals surface area contributed by atoms with E-state index in [1.54, 1.807) is 0 Å². The molecule has 0 unspecified atom stereocenters. The van der Waals surface area contributed by atoms with Gasteiger partial charge in [0.25, 0.3) is 0 Å². The second-order valence-corrected chi connectivity index (χ2v) is 4.66. The van der Waals surface area contributed by atoms with E-state index in [1.165, 1.54) is 11.1 Å². The van der Waals surface area contributed by atoms with Gasteiger partial charge in [-0.05, 0) is 43.1 Å². The van der Waals surface area contributed by atoms with Crippen LogP contribution in [0.15, 0.2) is 22.7 Å². The molecular weight excluding hydrogens is 270 g/mol. The first kappa shape index (κ1) is 13.2. The van der Waals surface area contributed by atoms with E-state index < -0.39 is 5.97 Å². The Kier molecular flexibility index (Phi) is 5.49. The van der Waals surface area contributed by atoms with Gasteiger partial charge in [0.15, 0.2) is 0 Å². The zero-order valence-corrected chi connectivity index (χ0v) is 10.9. The van der Waals surface area contributed by atoms with E-state index in [1.807, 2.05) is 6.07 Å². The number of carboxylic acids is 1. The van der Waals surface area contributed by atoms with Crippen LogP contribution in [0.25, 0.3) is 0 Å². The topological polar surface area (TPSA) is 49.3 Å². The lowest BCUT2D eigenvalue weighted by atomic mass is 10.1. The van der Waals surface area contributed by atoms with Crippen molar-refractivity contribution in [3.05, 3.63) is 33.8 Å². The Hall–Kier alpha value is -0.870. The predicted octanol–water partition coefficient (Wildman–Crippen LogP) is 2.71. The monoisotopic (exact) mass is 285 g/mol. The quantitative estimate of drug-likeness (QED) is 0.790. The van der Waals surface area contributed by atoms with Crippen molar-refractivity contribution in [2.75, 3.05) is 6.54 Å². The molecule has 0 aliphatic heterocycles. The summed E-state index contributed by atoms with van der Waals surface area (Å²) in [6.45, 7) is 3.60. The minimum atomic E-state index is -0.735. The maximum Gasteiger partial charge on any atom is 0.303 e. The molecule has 16 heavy (non-hydrogen) atoms. The van der Waals surface area contributed by atoms with Crippen molar-refractivity contribution in [3.63, 3.8) is 0 Å². The largest absolute Gasteiger partial charge is 0.481 e. The van der Waals surface area contributed by atoms with Crippen molar-refractivity contribution in [1.29, 1.82) is 0 Å². The fourth-order valence-corrected chi connectivity index (χ4v) is 1.92. The van der Waals surface area contributed by atoms with Gasteiger partial charge in [-0.25, -0.2) is 0 Å². The highest BCUT2D eigenvalue weighted by Gasteiger charge is 1.99. The molecule has 0 aliphatic carbocycles. The average molecular weight is 286 g/mol. The maximum absolute atomic E-state index is 10.3. The van der Waals surface area contributed by atoms with Crippen molar-refractivity contribution >= 4 is 21.9 Å². The number of aliphatic carboxylic acids is 1. The van der Waals surface area contributed by atoms with Gasteiger partial charge in [-0.15, -0.1) is 0 Å². The summed E-state index contributed by atoms with van der Waals surface area (Å²) in [7, 11) is 0. The molecule has 0 saturated carbocycles. The number of halogens is 1. The van der Waals surface area contributed by atoms with Crippen LogP contribution in [-0.2, 0) is 11.3 Å². The molecule has 0 saturated heterocycles. The molecule has 0 bridgehead atoms. The van der Waals surface area contributed by atoms with Crippen LogP contribution in [-0.4, -0.2) is 17.6 Å². The molecule has 1 aromatic rings. The smallest absolute Gasteiger partial charge is 0.303 e. The van der Waals surface area contributed by atoms with E-state index in [-0.39, 0.29) is 6.42 Å². The molecule has 0 radical (unpaired) electrons. The van der Waals surface area contributed by atoms with E-state index in [9.17, 15) is 4.79 Å². The first-order valence-corrected chi connectivity index (χ1v) is 6.06. The average Bonchev–Trinajstić information content (AvgIpc) is 2.20. The van der Waals surface area contributed by atoms with Crippen molar-refractivity contribution in [1.82, 2.24) is 5.32 Å². The molecule has 0 aromatic heterocycles. The Morgan fingerprint density at radius 2 is 2.25 bits per heavy atom. The Balaban J connectivity index is 2.29. The Bertz CT molecular complexity index is 366. The molecule has 1 aromatic carbocycles. The van der Waals surface area contributed by atoms with E-state index in [0.29, 0.717) is 6.42 Å². The molecule has 0 amide bonds. The highest BCUT2D eigenvalue weighted by atomic mass is 79.9. The zero-order valence-electron chi connectivity index (χ0n) is 9.29. The highest BCUT2D eigenvalue weighted by molar-refractivity contribution is 9.10. The normalized spacial score (nSPS) is 10.4. The minimum absolute atomic E-state index is 0.228. The second kappa shape index (κ2) is 6.66. The van der Waals surface area contributed by atoms with Crippen molar-refractivity contribution < 1.29 is 9.90 Å². The van der Waals surface area contributed by atoms with Crippen LogP contribution in [0.2, 0.25) is 0 Å². The third kappa shape index (κ3) is 4.77. The molecule has 0 atom stereocenters. The van der Waals surface area contributed by atoms with Gasteiger partial charge in [0.2, 0.25) is 0 Å². The molecule has 0 fully saturated rings. The van der Waals surface area contributed by atoms with E-state index in [2.05, 4.69) is 40.3 Å². The van der Waals surface area contributed by atoms with Crippen LogP contribution >= 0.6 is 15.9 Å². The maximum atomic E-state index is 10.3. The van der Waals surface area contributed by atoms with Crippen LogP contribution < -0.4 is 5.32 Å². The number of hydrogen-bond acceptors (Lipinski definition) is 2. The molecule has 0 spiro atoms. The summed E-state index contributed by atoms with van der Waals surface area (Å²) >= 11 is 3.42.